The molecule has 0 unspecified atom stereocenters. The lowest BCUT2D eigenvalue weighted by atomic mass is 9.62. The number of aliphatic hydroxyl groups is 2. The molecular weight excluding hydrogens is 682 g/mol. The fourth-order valence-corrected chi connectivity index (χ4v) is 8.77. The van der Waals surface area contributed by atoms with Gasteiger partial charge in [-0.2, -0.15) is 5.06 Å². The molecule has 3 N–H and O–H groups in total. The molecule has 13 heteroatoms. The van der Waals surface area contributed by atoms with Gasteiger partial charge in [0.2, 0.25) is 17.6 Å². The van der Waals surface area contributed by atoms with Crippen molar-refractivity contribution in [3.8, 4) is 0 Å². The van der Waals surface area contributed by atoms with E-state index in [9.17, 15) is 14.7 Å². The maximum absolute atomic E-state index is 15.3. The topological polar surface area (TPSA) is 156 Å². The van der Waals surface area contributed by atoms with Crippen molar-refractivity contribution in [2.24, 2.45) is 5.41 Å². The molecule has 7 atom stereocenters. The van der Waals surface area contributed by atoms with Crippen LogP contribution in [0.5, 0.6) is 0 Å². The first-order chi connectivity index (χ1) is 25.9. The van der Waals surface area contributed by atoms with Gasteiger partial charge in [-0.05, 0) is 30.0 Å². The van der Waals surface area contributed by atoms with Crippen molar-refractivity contribution in [2.75, 3.05) is 32.9 Å². The number of carbonyl (C=O) groups is 3. The number of hydrogen-bond acceptors (Lipinski definition) is 11. The first kappa shape index (κ1) is 35.4. The molecule has 0 radical (unpaired) electrons. The first-order valence-corrected chi connectivity index (χ1v) is 18.2. The van der Waals surface area contributed by atoms with Crippen molar-refractivity contribution in [1.29, 1.82) is 0 Å². The number of nitrogens with zero attached hydrogens (tertiary/aromatic N) is 2. The number of hydrogen-bond donors (Lipinski definition) is 3. The van der Waals surface area contributed by atoms with E-state index in [1.807, 2.05) is 84.9 Å². The van der Waals surface area contributed by atoms with Crippen LogP contribution in [0, 0.1) is 5.41 Å². The molecule has 5 fully saturated rings. The van der Waals surface area contributed by atoms with Gasteiger partial charge in [-0.3, -0.25) is 19.2 Å². The number of amides is 2. The highest BCUT2D eigenvalue weighted by Crippen LogP contribution is 2.60. The van der Waals surface area contributed by atoms with E-state index in [1.165, 1.54) is 11.3 Å². The summed E-state index contributed by atoms with van der Waals surface area (Å²) >= 11 is 0. The van der Waals surface area contributed by atoms with Gasteiger partial charge < -0.3 is 39.4 Å². The average molecular weight is 726 g/mol. The maximum atomic E-state index is 15.3. The van der Waals surface area contributed by atoms with Crippen LogP contribution in [-0.4, -0.2) is 107 Å². The monoisotopic (exact) mass is 725 g/mol. The zero-order chi connectivity index (χ0) is 36.6. The predicted octanol–water partition coefficient (Wildman–Crippen LogP) is 2.25. The van der Waals surface area contributed by atoms with Crippen LogP contribution in [0.2, 0.25) is 0 Å². The minimum atomic E-state index is -1.48. The van der Waals surface area contributed by atoms with Crippen molar-refractivity contribution in [3.63, 3.8) is 0 Å². The predicted molar refractivity (Wildman–Crippen MR) is 188 cm³/mol. The second-order valence-electron chi connectivity index (χ2n) is 14.0. The van der Waals surface area contributed by atoms with Crippen LogP contribution < -0.4 is 5.32 Å². The third-order valence-corrected chi connectivity index (χ3v) is 11.0. The lowest BCUT2D eigenvalue weighted by molar-refractivity contribution is -0.214. The van der Waals surface area contributed by atoms with Crippen LogP contribution >= 0.6 is 0 Å². The van der Waals surface area contributed by atoms with E-state index < -0.39 is 53.7 Å². The van der Waals surface area contributed by atoms with Crippen molar-refractivity contribution in [2.45, 2.75) is 68.1 Å². The number of fused-ring (bicyclic) bond motifs is 4. The third-order valence-electron chi connectivity index (χ3n) is 11.0. The molecule has 2 amide bonds. The van der Waals surface area contributed by atoms with Gasteiger partial charge in [-0.25, -0.2) is 0 Å². The quantitative estimate of drug-likeness (QED) is 0.143. The van der Waals surface area contributed by atoms with Crippen molar-refractivity contribution < 1.29 is 48.4 Å². The molecule has 8 rings (SSSR count). The molecule has 2 bridgehead atoms. The Hall–Kier alpha value is -4.63. The molecule has 1 aliphatic carbocycles. The average Bonchev–Trinajstić information content (AvgIpc) is 3.93. The summed E-state index contributed by atoms with van der Waals surface area (Å²) in [7, 11) is 0. The smallest absolute Gasteiger partial charge is 0.327 e. The lowest BCUT2D eigenvalue weighted by Gasteiger charge is -2.50. The van der Waals surface area contributed by atoms with E-state index in [2.05, 4.69) is 5.32 Å². The molecular formula is C40H43N3O10. The molecule has 0 aromatic heterocycles. The molecule has 3 aromatic carbocycles. The summed E-state index contributed by atoms with van der Waals surface area (Å²) in [5.41, 5.74) is 1.56. The number of benzene rings is 3. The van der Waals surface area contributed by atoms with Gasteiger partial charge in [-0.1, -0.05) is 84.9 Å². The van der Waals surface area contributed by atoms with E-state index in [4.69, 9.17) is 28.9 Å². The SMILES string of the molecule is O=C(NCCO)[C@H]1CCCN1C(=O)[C@@]12C[C@H]3OC(=O)[C@@H]1N(Cc1ccccc1C=COCCO)O[C@@H]2[C@H]1OC(c2ccccc2)(c2ccccc2)O[C@H]13. The molecule has 278 valence electrons. The zero-order valence-corrected chi connectivity index (χ0v) is 29.1. The third kappa shape index (κ3) is 6.01. The Balaban J connectivity index is 1.22. The van der Waals surface area contributed by atoms with Gasteiger partial charge in [0, 0.05) is 30.6 Å². The van der Waals surface area contributed by atoms with Crippen LogP contribution in [-0.2, 0) is 50.5 Å². The highest BCUT2D eigenvalue weighted by atomic mass is 16.8. The number of rotatable bonds is 12. The summed E-state index contributed by atoms with van der Waals surface area (Å²) in [4.78, 5) is 51.5. The molecule has 1 saturated carbocycles. The van der Waals surface area contributed by atoms with Crippen LogP contribution in [0.3, 0.4) is 0 Å². The highest BCUT2D eigenvalue weighted by Gasteiger charge is 2.77. The number of esters is 1. The fourth-order valence-electron chi connectivity index (χ4n) is 8.77. The van der Waals surface area contributed by atoms with Crippen molar-refractivity contribution >= 4 is 23.9 Å². The Labute approximate surface area is 307 Å². The molecule has 13 nitrogen and oxygen atoms in total. The minimum absolute atomic E-state index is 0.0634. The first-order valence-electron chi connectivity index (χ1n) is 18.2. The normalized spacial score (nSPS) is 29.9. The van der Waals surface area contributed by atoms with E-state index >= 15 is 4.79 Å². The van der Waals surface area contributed by atoms with Gasteiger partial charge in [-0.15, -0.1) is 0 Å². The second kappa shape index (κ2) is 14.7. The van der Waals surface area contributed by atoms with Crippen LogP contribution in [0.25, 0.3) is 6.08 Å². The molecule has 0 spiro atoms. The van der Waals surface area contributed by atoms with E-state index in [-0.39, 0.29) is 51.1 Å². The second-order valence-corrected chi connectivity index (χ2v) is 14.0. The Morgan fingerprint density at radius 1 is 0.925 bits per heavy atom. The fraction of sp³-hybridized carbons (Fsp3) is 0.425. The summed E-state index contributed by atoms with van der Waals surface area (Å²) in [6.07, 6.45) is 0.945. The van der Waals surface area contributed by atoms with Crippen molar-refractivity contribution in [1.82, 2.24) is 15.3 Å². The standard InChI is InChI=1S/C40H43N3O10/c44-20-18-41-36(46)30-16-9-19-42(30)38(48)39-24-31-32-33(52-40(51-32,28-12-3-1-4-13-28)29-14-5-2-6-15-29)35(39)53-43(34(39)37(47)50-31)25-27-11-8-7-10-26(27)17-22-49-23-21-45/h1-8,10-15,17,22,30-35,44-45H,9,16,18-21,23-25H2,(H,41,46)/t30-,31-,32+,33+,34+,35-,39+/m1/s1. The number of ether oxygens (including phenoxy) is 4. The number of nitrogens with one attached hydrogen (secondary N) is 1. The van der Waals surface area contributed by atoms with E-state index in [0.717, 1.165) is 22.3 Å². The highest BCUT2D eigenvalue weighted by molar-refractivity contribution is 5.96. The number of likely N-dealkylation sites (tertiary alicyclic amines) is 1. The lowest BCUT2D eigenvalue weighted by Crippen LogP contribution is -2.70. The van der Waals surface area contributed by atoms with Crippen LogP contribution in [0.15, 0.2) is 91.2 Å². The number of hydroxylamine groups is 2. The van der Waals surface area contributed by atoms with Gasteiger partial charge >= 0.3 is 5.97 Å². The summed E-state index contributed by atoms with van der Waals surface area (Å²) in [5.74, 6) is -2.74. The van der Waals surface area contributed by atoms with Gasteiger partial charge in [0.15, 0.2) is 6.04 Å². The van der Waals surface area contributed by atoms with Crippen molar-refractivity contribution in [3.05, 3.63) is 113 Å². The minimum Gasteiger partial charge on any atom is -0.499 e. The van der Waals surface area contributed by atoms with Gasteiger partial charge in [0.05, 0.1) is 26.0 Å². The summed E-state index contributed by atoms with van der Waals surface area (Å²) in [6.45, 7) is 0.281. The Kier molecular flexibility index (Phi) is 9.79. The van der Waals surface area contributed by atoms with E-state index in [0.29, 0.717) is 19.4 Å². The molecule has 4 heterocycles. The van der Waals surface area contributed by atoms with Gasteiger partial charge in [0.25, 0.3) is 0 Å². The number of carbonyl (C=O) groups excluding carboxylic acids is 3. The van der Waals surface area contributed by atoms with E-state index in [1.54, 1.807) is 11.0 Å². The summed E-state index contributed by atoms with van der Waals surface area (Å²) in [5, 5.41) is 22.8. The largest absolute Gasteiger partial charge is 0.499 e. The van der Waals surface area contributed by atoms with Gasteiger partial charge in [0.1, 0.15) is 42.5 Å². The molecule has 53 heavy (non-hydrogen) atoms. The number of aliphatic hydroxyl groups excluding tert-OH is 2. The molecule has 4 saturated heterocycles. The Morgan fingerprint density at radius 3 is 2.34 bits per heavy atom. The van der Waals surface area contributed by atoms with Crippen LogP contribution in [0.1, 0.15) is 41.5 Å². The molecule has 5 aliphatic rings. The maximum Gasteiger partial charge on any atom is 0.327 e. The van der Waals surface area contributed by atoms with Crippen LogP contribution in [0.4, 0.5) is 0 Å². The Bertz CT molecular complexity index is 1800. The molecule has 4 aliphatic heterocycles. The summed E-state index contributed by atoms with van der Waals surface area (Å²) in [6, 6.07) is 24.7. The molecule has 3 aromatic rings. The summed E-state index contributed by atoms with van der Waals surface area (Å²) < 4.78 is 25.6. The zero-order valence-electron chi connectivity index (χ0n) is 29.1. The Morgan fingerprint density at radius 2 is 1.62 bits per heavy atom.